The van der Waals surface area contributed by atoms with Crippen LogP contribution in [0.1, 0.15) is 31.6 Å². The molecule has 118 valence electrons. The third kappa shape index (κ3) is 4.31. The summed E-state index contributed by atoms with van der Waals surface area (Å²) in [6.45, 7) is 1.89. The van der Waals surface area contributed by atoms with E-state index < -0.39 is 5.82 Å². The number of carbonyl (C=O) groups is 1. The number of imidazole rings is 1. The molecular weight excluding hydrogens is 285 g/mol. The third-order valence-corrected chi connectivity index (χ3v) is 3.25. The highest BCUT2D eigenvalue weighted by atomic mass is 19.1. The Morgan fingerprint density at radius 3 is 2.95 bits per heavy atom. The van der Waals surface area contributed by atoms with Crippen LogP contribution in [0.15, 0.2) is 36.7 Å². The maximum absolute atomic E-state index is 13.0. The lowest BCUT2D eigenvalue weighted by Gasteiger charge is -2.18. The first-order valence-corrected chi connectivity index (χ1v) is 7.25. The van der Waals surface area contributed by atoms with Gasteiger partial charge in [0, 0.05) is 25.5 Å². The zero-order valence-electron chi connectivity index (χ0n) is 12.8. The molecular formula is C16H20FN3O2. The maximum Gasteiger partial charge on any atom is 0.258 e. The van der Waals surface area contributed by atoms with Crippen molar-refractivity contribution >= 4 is 5.91 Å². The fraction of sp³-hybridized carbons (Fsp3) is 0.375. The van der Waals surface area contributed by atoms with Crippen molar-refractivity contribution in [2.75, 3.05) is 6.61 Å². The predicted octanol–water partition coefficient (Wildman–Crippen LogP) is 2.60. The molecule has 2 aromatic rings. The Bertz CT molecular complexity index is 627. The first-order chi connectivity index (χ1) is 10.6. The Morgan fingerprint density at radius 2 is 2.32 bits per heavy atom. The maximum atomic E-state index is 13.0. The van der Waals surface area contributed by atoms with Crippen LogP contribution in [0.2, 0.25) is 0 Å². The molecule has 0 radical (unpaired) electrons. The molecule has 2 rings (SSSR count). The van der Waals surface area contributed by atoms with Gasteiger partial charge in [-0.05, 0) is 18.6 Å². The zero-order valence-corrected chi connectivity index (χ0v) is 12.8. The lowest BCUT2D eigenvalue weighted by atomic mass is 10.1. The van der Waals surface area contributed by atoms with E-state index >= 15 is 0 Å². The number of carbonyl (C=O) groups excluding carboxylic acids is 1. The second-order valence-electron chi connectivity index (χ2n) is 5.05. The van der Waals surface area contributed by atoms with Crippen molar-refractivity contribution in [3.05, 3.63) is 48.3 Å². The molecule has 1 aromatic heterocycles. The number of amides is 1. The molecule has 1 heterocycles. The van der Waals surface area contributed by atoms with Gasteiger partial charge in [0.25, 0.3) is 5.91 Å². The minimum Gasteiger partial charge on any atom is -0.484 e. The van der Waals surface area contributed by atoms with Crippen molar-refractivity contribution < 1.29 is 13.9 Å². The van der Waals surface area contributed by atoms with Crippen LogP contribution >= 0.6 is 0 Å². The highest BCUT2D eigenvalue weighted by Crippen LogP contribution is 2.16. The molecule has 1 unspecified atom stereocenters. The standard InChI is InChI=1S/C16H20FN3O2/c1-3-5-14(16-18-8-9-20(16)2)19-15(21)11-22-13-7-4-6-12(17)10-13/h4,6-10,14H,3,5,11H2,1-2H3,(H,19,21). The minimum absolute atomic E-state index is 0.159. The van der Waals surface area contributed by atoms with Crippen LogP contribution in [-0.4, -0.2) is 22.1 Å². The summed E-state index contributed by atoms with van der Waals surface area (Å²) in [5, 5.41) is 2.91. The molecule has 0 spiro atoms. The van der Waals surface area contributed by atoms with E-state index in [9.17, 15) is 9.18 Å². The van der Waals surface area contributed by atoms with Gasteiger partial charge >= 0.3 is 0 Å². The Hall–Kier alpha value is -2.37. The summed E-state index contributed by atoms with van der Waals surface area (Å²) in [5.74, 6) is 0.487. The number of benzene rings is 1. The van der Waals surface area contributed by atoms with Gasteiger partial charge in [0.1, 0.15) is 17.4 Å². The number of aromatic nitrogens is 2. The molecule has 0 saturated heterocycles. The van der Waals surface area contributed by atoms with Crippen LogP contribution in [-0.2, 0) is 11.8 Å². The molecule has 1 aromatic carbocycles. The van der Waals surface area contributed by atoms with E-state index in [2.05, 4.69) is 10.3 Å². The Balaban J connectivity index is 1.93. The van der Waals surface area contributed by atoms with E-state index in [1.807, 2.05) is 24.7 Å². The third-order valence-electron chi connectivity index (χ3n) is 3.25. The van der Waals surface area contributed by atoms with E-state index in [1.54, 1.807) is 12.3 Å². The minimum atomic E-state index is -0.394. The average Bonchev–Trinajstić information content (AvgIpc) is 2.91. The van der Waals surface area contributed by atoms with Crippen molar-refractivity contribution in [2.24, 2.45) is 7.05 Å². The molecule has 1 atom stereocenters. The average molecular weight is 305 g/mol. The SMILES string of the molecule is CCCC(NC(=O)COc1cccc(F)c1)c1nccn1C. The fourth-order valence-corrected chi connectivity index (χ4v) is 2.21. The number of aryl methyl sites for hydroxylation is 1. The normalized spacial score (nSPS) is 12.0. The van der Waals surface area contributed by atoms with Crippen LogP contribution in [0.5, 0.6) is 5.75 Å². The lowest BCUT2D eigenvalue weighted by Crippen LogP contribution is -2.33. The quantitative estimate of drug-likeness (QED) is 0.855. The number of ether oxygens (including phenoxy) is 1. The Morgan fingerprint density at radius 1 is 1.50 bits per heavy atom. The lowest BCUT2D eigenvalue weighted by molar-refractivity contribution is -0.124. The molecule has 1 N–H and O–H groups in total. The van der Waals surface area contributed by atoms with Crippen LogP contribution in [0.25, 0.3) is 0 Å². The van der Waals surface area contributed by atoms with E-state index in [0.29, 0.717) is 5.75 Å². The van der Waals surface area contributed by atoms with Crippen LogP contribution in [0.4, 0.5) is 4.39 Å². The summed E-state index contributed by atoms with van der Waals surface area (Å²) in [6.07, 6.45) is 5.25. The molecule has 6 heteroatoms. The van der Waals surface area contributed by atoms with E-state index in [4.69, 9.17) is 4.74 Å². The molecule has 0 aliphatic rings. The van der Waals surface area contributed by atoms with Gasteiger partial charge in [0.2, 0.25) is 0 Å². The van der Waals surface area contributed by atoms with Crippen LogP contribution in [0, 0.1) is 5.82 Å². The van der Waals surface area contributed by atoms with Crippen molar-refractivity contribution in [3.8, 4) is 5.75 Å². The van der Waals surface area contributed by atoms with Gasteiger partial charge in [-0.3, -0.25) is 4.79 Å². The summed E-state index contributed by atoms with van der Waals surface area (Å²) in [4.78, 5) is 16.3. The summed E-state index contributed by atoms with van der Waals surface area (Å²) < 4.78 is 20.2. The van der Waals surface area contributed by atoms with E-state index in [-0.39, 0.29) is 18.6 Å². The van der Waals surface area contributed by atoms with Crippen molar-refractivity contribution in [3.63, 3.8) is 0 Å². The summed E-state index contributed by atoms with van der Waals surface area (Å²) in [6, 6.07) is 5.56. The van der Waals surface area contributed by atoms with Crippen molar-refractivity contribution in [1.82, 2.24) is 14.9 Å². The largest absolute Gasteiger partial charge is 0.484 e. The molecule has 5 nitrogen and oxygen atoms in total. The first kappa shape index (κ1) is 16.0. The number of halogens is 1. The predicted molar refractivity (Wildman–Crippen MR) is 80.9 cm³/mol. The number of nitrogens with one attached hydrogen (secondary N) is 1. The number of hydrogen-bond acceptors (Lipinski definition) is 3. The van der Waals surface area contributed by atoms with Gasteiger partial charge in [-0.2, -0.15) is 0 Å². The van der Waals surface area contributed by atoms with Crippen molar-refractivity contribution in [1.29, 1.82) is 0 Å². The van der Waals surface area contributed by atoms with Gasteiger partial charge < -0.3 is 14.6 Å². The number of hydrogen-bond donors (Lipinski definition) is 1. The number of nitrogens with zero attached hydrogens (tertiary/aromatic N) is 2. The monoisotopic (exact) mass is 305 g/mol. The highest BCUT2D eigenvalue weighted by Gasteiger charge is 2.17. The topological polar surface area (TPSA) is 56.1 Å². The van der Waals surface area contributed by atoms with Crippen molar-refractivity contribution in [2.45, 2.75) is 25.8 Å². The molecule has 22 heavy (non-hydrogen) atoms. The highest BCUT2D eigenvalue weighted by molar-refractivity contribution is 5.77. The zero-order chi connectivity index (χ0) is 15.9. The van der Waals surface area contributed by atoms with Crippen LogP contribution < -0.4 is 10.1 Å². The Kier molecular flexibility index (Phi) is 5.52. The molecule has 0 bridgehead atoms. The number of rotatable bonds is 7. The molecule has 0 saturated carbocycles. The van der Waals surface area contributed by atoms with Gasteiger partial charge in [-0.25, -0.2) is 9.37 Å². The first-order valence-electron chi connectivity index (χ1n) is 7.25. The summed E-state index contributed by atoms with van der Waals surface area (Å²) in [5.41, 5.74) is 0. The van der Waals surface area contributed by atoms with E-state index in [0.717, 1.165) is 18.7 Å². The molecule has 1 amide bonds. The smallest absolute Gasteiger partial charge is 0.258 e. The second-order valence-corrected chi connectivity index (χ2v) is 5.05. The van der Waals surface area contributed by atoms with Gasteiger partial charge in [0.05, 0.1) is 6.04 Å². The fourth-order valence-electron chi connectivity index (χ4n) is 2.21. The van der Waals surface area contributed by atoms with E-state index in [1.165, 1.54) is 18.2 Å². The Labute approximate surface area is 129 Å². The van der Waals surface area contributed by atoms with Gasteiger partial charge in [-0.1, -0.05) is 19.4 Å². The molecule has 0 fully saturated rings. The van der Waals surface area contributed by atoms with Crippen LogP contribution in [0.3, 0.4) is 0 Å². The summed E-state index contributed by atoms with van der Waals surface area (Å²) in [7, 11) is 1.89. The van der Waals surface area contributed by atoms with Gasteiger partial charge in [0.15, 0.2) is 6.61 Å². The van der Waals surface area contributed by atoms with Gasteiger partial charge in [-0.15, -0.1) is 0 Å². The second kappa shape index (κ2) is 7.59. The molecule has 0 aliphatic carbocycles. The summed E-state index contributed by atoms with van der Waals surface area (Å²) >= 11 is 0. The molecule has 0 aliphatic heterocycles.